The Labute approximate surface area is 205 Å². The second-order valence-electron chi connectivity index (χ2n) is 9.19. The lowest BCUT2D eigenvalue weighted by Crippen LogP contribution is -2.37. The van der Waals surface area contributed by atoms with E-state index in [1.165, 1.54) is 24.3 Å². The molecule has 1 aromatic carbocycles. The van der Waals surface area contributed by atoms with Crippen LogP contribution in [0.5, 0.6) is 5.88 Å². The number of amides is 1. The summed E-state index contributed by atoms with van der Waals surface area (Å²) in [4.78, 5) is 35.6. The summed E-state index contributed by atoms with van der Waals surface area (Å²) in [6.45, 7) is 7.30. The number of H-pyrrole nitrogens is 1. The fourth-order valence-electron chi connectivity index (χ4n) is 4.21. The molecule has 0 fully saturated rings. The molecule has 0 atom stereocenters. The number of fused-ring (bicyclic) bond motifs is 3. The van der Waals surface area contributed by atoms with Gasteiger partial charge in [-0.1, -0.05) is 25.4 Å². The molecule has 0 saturated heterocycles. The smallest absolute Gasteiger partial charge is 0.342 e. The van der Waals surface area contributed by atoms with Crippen LogP contribution in [-0.4, -0.2) is 46.5 Å². The molecule has 7 nitrogen and oxygen atoms in total. The molecule has 3 heterocycles. The maximum Gasteiger partial charge on any atom is 0.342 e. The van der Waals surface area contributed by atoms with Crippen LogP contribution in [0.3, 0.4) is 0 Å². The van der Waals surface area contributed by atoms with Gasteiger partial charge in [0.25, 0.3) is 5.91 Å². The van der Waals surface area contributed by atoms with Crippen LogP contribution in [-0.2, 0) is 14.9 Å². The van der Waals surface area contributed by atoms with Crippen molar-refractivity contribution in [2.24, 2.45) is 0 Å². The maximum absolute atomic E-state index is 13.9. The number of rotatable bonds is 4. The van der Waals surface area contributed by atoms with Crippen LogP contribution < -0.4 is 4.74 Å². The van der Waals surface area contributed by atoms with Crippen molar-refractivity contribution in [1.82, 2.24) is 14.9 Å². The highest BCUT2D eigenvalue weighted by molar-refractivity contribution is 6.32. The molecule has 0 unspecified atom stereocenters. The van der Waals surface area contributed by atoms with Crippen molar-refractivity contribution in [3.8, 4) is 5.88 Å². The summed E-state index contributed by atoms with van der Waals surface area (Å²) in [5.74, 6) is -3.25. The lowest BCUT2D eigenvalue weighted by molar-refractivity contribution is -0.140. The summed E-state index contributed by atoms with van der Waals surface area (Å²) in [6.07, 6.45) is 0.950. The number of aromatic nitrogens is 2. The topological polar surface area (TPSA) is 84.5 Å². The van der Waals surface area contributed by atoms with Gasteiger partial charge in [0.05, 0.1) is 35.5 Å². The van der Waals surface area contributed by atoms with E-state index in [0.717, 1.165) is 12.1 Å². The van der Waals surface area contributed by atoms with E-state index in [-0.39, 0.29) is 23.6 Å². The highest BCUT2D eigenvalue weighted by atomic mass is 35.5. The van der Waals surface area contributed by atoms with E-state index < -0.39 is 35.0 Å². The molecule has 1 amide bonds. The number of methoxy groups -OCH3 is 1. The van der Waals surface area contributed by atoms with E-state index >= 15 is 0 Å². The van der Waals surface area contributed by atoms with E-state index in [2.05, 4.69) is 9.97 Å². The van der Waals surface area contributed by atoms with Gasteiger partial charge >= 0.3 is 5.97 Å². The second-order valence-corrected chi connectivity index (χ2v) is 9.60. The van der Waals surface area contributed by atoms with Crippen molar-refractivity contribution in [2.45, 2.75) is 39.2 Å². The zero-order valence-corrected chi connectivity index (χ0v) is 20.6. The molecule has 1 N–H and O–H groups in total. The Morgan fingerprint density at radius 3 is 2.54 bits per heavy atom. The number of ether oxygens (including phenoxy) is 2. The highest BCUT2D eigenvalue weighted by Gasteiger charge is 2.38. The standard InChI is InChI=1S/C25H24ClF2N3O4/c1-12(2)35-24(33)14-10-31(23(32)13-6-7-16(27)17(28)8-13)11-25(3,4)19-20(14)29-18-9-15(26)22(34-5)30-21(18)19/h6-10,12,29H,11H2,1-5H3. The Hall–Kier alpha value is -3.46. The van der Waals surface area contributed by atoms with Crippen LogP contribution in [0.2, 0.25) is 5.02 Å². The van der Waals surface area contributed by atoms with E-state index in [0.29, 0.717) is 27.3 Å². The number of hydrogen-bond donors (Lipinski definition) is 1. The number of nitrogens with one attached hydrogen (secondary N) is 1. The molecule has 0 saturated carbocycles. The molecule has 1 aliphatic heterocycles. The summed E-state index contributed by atoms with van der Waals surface area (Å²) < 4.78 is 38.1. The van der Waals surface area contributed by atoms with Gasteiger partial charge in [0.1, 0.15) is 5.02 Å². The number of nitrogens with zero attached hydrogens (tertiary/aromatic N) is 2. The molecule has 184 valence electrons. The summed E-state index contributed by atoms with van der Waals surface area (Å²) in [5, 5.41) is 0.291. The first-order valence-electron chi connectivity index (χ1n) is 10.9. The lowest BCUT2D eigenvalue weighted by Gasteiger charge is -2.29. The van der Waals surface area contributed by atoms with Gasteiger partial charge in [0.2, 0.25) is 5.88 Å². The molecular formula is C25H24ClF2N3O4. The monoisotopic (exact) mass is 503 g/mol. The molecule has 10 heteroatoms. The molecule has 0 radical (unpaired) electrons. The average molecular weight is 504 g/mol. The van der Waals surface area contributed by atoms with E-state index in [4.69, 9.17) is 21.1 Å². The van der Waals surface area contributed by atoms with E-state index in [1.807, 2.05) is 13.8 Å². The predicted molar refractivity (Wildman–Crippen MR) is 127 cm³/mol. The van der Waals surface area contributed by atoms with Gasteiger partial charge in [-0.3, -0.25) is 4.79 Å². The number of benzene rings is 1. The van der Waals surface area contributed by atoms with Crippen LogP contribution in [0.4, 0.5) is 8.78 Å². The summed E-state index contributed by atoms with van der Waals surface area (Å²) in [7, 11) is 1.45. The number of esters is 1. The normalized spacial score (nSPS) is 15.0. The molecule has 3 aromatic rings. The first kappa shape index (κ1) is 24.7. The third kappa shape index (κ3) is 4.48. The van der Waals surface area contributed by atoms with Crippen LogP contribution in [0.25, 0.3) is 16.6 Å². The van der Waals surface area contributed by atoms with Gasteiger partial charge in [-0.15, -0.1) is 0 Å². The molecular weight excluding hydrogens is 480 g/mol. The number of carbonyl (C=O) groups excluding carboxylic acids is 2. The van der Waals surface area contributed by atoms with Crippen LogP contribution in [0.1, 0.15) is 49.3 Å². The quantitative estimate of drug-likeness (QED) is 0.493. The first-order chi connectivity index (χ1) is 16.4. The first-order valence-corrected chi connectivity index (χ1v) is 11.3. The largest absolute Gasteiger partial charge is 0.480 e. The van der Waals surface area contributed by atoms with Crippen LogP contribution in [0, 0.1) is 11.6 Å². The predicted octanol–water partition coefficient (Wildman–Crippen LogP) is 5.23. The lowest BCUT2D eigenvalue weighted by atomic mass is 9.83. The Kier molecular flexibility index (Phi) is 6.31. The van der Waals surface area contributed by atoms with Crippen molar-refractivity contribution in [3.63, 3.8) is 0 Å². The molecule has 2 aromatic heterocycles. The third-order valence-electron chi connectivity index (χ3n) is 5.67. The van der Waals surface area contributed by atoms with E-state index in [9.17, 15) is 18.4 Å². The molecule has 1 aliphatic rings. The third-order valence-corrected chi connectivity index (χ3v) is 5.94. The minimum Gasteiger partial charge on any atom is -0.480 e. The van der Waals surface area contributed by atoms with E-state index in [1.54, 1.807) is 19.9 Å². The van der Waals surface area contributed by atoms with Crippen molar-refractivity contribution in [2.75, 3.05) is 13.7 Å². The van der Waals surface area contributed by atoms with Gasteiger partial charge in [0, 0.05) is 29.3 Å². The fraction of sp³-hybridized carbons (Fsp3) is 0.320. The summed E-state index contributed by atoms with van der Waals surface area (Å²) >= 11 is 6.27. The fourth-order valence-corrected chi connectivity index (χ4v) is 4.43. The second kappa shape index (κ2) is 8.96. The number of halogens is 3. The van der Waals surface area contributed by atoms with Crippen molar-refractivity contribution >= 4 is 40.1 Å². The molecule has 4 rings (SSSR count). The van der Waals surface area contributed by atoms with Crippen molar-refractivity contribution in [1.29, 1.82) is 0 Å². The highest BCUT2D eigenvalue weighted by Crippen LogP contribution is 2.41. The molecule has 0 aliphatic carbocycles. The number of pyridine rings is 1. The minimum absolute atomic E-state index is 0.0606. The SMILES string of the molecule is COc1nc2c3c([nH]c2cc1Cl)C(C(=O)OC(C)C)=CN(C(=O)c1ccc(F)c(F)c1)CC3(C)C. The Morgan fingerprint density at radius 1 is 1.20 bits per heavy atom. The Morgan fingerprint density at radius 2 is 1.91 bits per heavy atom. The maximum atomic E-state index is 13.9. The van der Waals surface area contributed by atoms with Crippen LogP contribution >= 0.6 is 11.6 Å². The number of carbonyl (C=O) groups is 2. The van der Waals surface area contributed by atoms with Gasteiger partial charge in [-0.25, -0.2) is 18.6 Å². The minimum atomic E-state index is -1.14. The van der Waals surface area contributed by atoms with Crippen molar-refractivity contribution in [3.05, 3.63) is 63.9 Å². The zero-order chi connectivity index (χ0) is 25.7. The zero-order valence-electron chi connectivity index (χ0n) is 19.8. The van der Waals surface area contributed by atoms with Gasteiger partial charge in [-0.2, -0.15) is 0 Å². The number of aromatic amines is 1. The Bertz CT molecular complexity index is 1380. The Balaban J connectivity index is 1.93. The average Bonchev–Trinajstić information content (AvgIpc) is 3.09. The van der Waals surface area contributed by atoms with Gasteiger partial charge in [0.15, 0.2) is 11.6 Å². The van der Waals surface area contributed by atoms with Crippen LogP contribution in [0.15, 0.2) is 30.5 Å². The molecule has 35 heavy (non-hydrogen) atoms. The van der Waals surface area contributed by atoms with Gasteiger partial charge < -0.3 is 19.4 Å². The summed E-state index contributed by atoms with van der Waals surface area (Å²) in [6, 6.07) is 4.57. The number of hydrogen-bond acceptors (Lipinski definition) is 5. The van der Waals surface area contributed by atoms with Crippen molar-refractivity contribution < 1.29 is 27.8 Å². The molecule has 0 spiro atoms. The van der Waals surface area contributed by atoms with Gasteiger partial charge in [-0.05, 0) is 38.1 Å². The summed E-state index contributed by atoms with van der Waals surface area (Å²) in [5.41, 5.74) is 1.47. The molecule has 0 bridgehead atoms.